The van der Waals surface area contributed by atoms with Gasteiger partial charge in [-0.05, 0) is 48.7 Å². The normalized spacial score (nSPS) is 24.8. The molecule has 2 heterocycles. The molecule has 0 saturated heterocycles. The number of benzene rings is 2. The van der Waals surface area contributed by atoms with Gasteiger partial charge in [0.25, 0.3) is 0 Å². The van der Waals surface area contributed by atoms with Crippen molar-refractivity contribution in [1.82, 2.24) is 5.01 Å². The highest BCUT2D eigenvalue weighted by Gasteiger charge is 2.43. The van der Waals surface area contributed by atoms with Gasteiger partial charge < -0.3 is 4.74 Å². The Morgan fingerprint density at radius 3 is 2.59 bits per heavy atom. The Balaban J connectivity index is 1.53. The van der Waals surface area contributed by atoms with Crippen LogP contribution in [0.4, 0.5) is 0 Å². The van der Waals surface area contributed by atoms with Crippen molar-refractivity contribution in [3.63, 3.8) is 0 Å². The summed E-state index contributed by atoms with van der Waals surface area (Å²) in [4.78, 5) is 0. The van der Waals surface area contributed by atoms with Crippen LogP contribution < -0.4 is 4.74 Å². The van der Waals surface area contributed by atoms with Gasteiger partial charge in [0.1, 0.15) is 5.75 Å². The molecule has 5 heteroatoms. The Bertz CT molecular complexity index is 876. The summed E-state index contributed by atoms with van der Waals surface area (Å²) < 4.78 is 7.60. The maximum Gasteiger partial charge on any atom is 0.190 e. The molecule has 0 bridgehead atoms. The van der Waals surface area contributed by atoms with Gasteiger partial charge in [-0.3, -0.25) is 0 Å². The first-order chi connectivity index (χ1) is 13.2. The third-order valence-corrected chi connectivity index (χ3v) is 6.76. The Labute approximate surface area is 173 Å². The molecule has 0 unspecified atom stereocenters. The number of hydrogen-bond donors (Lipinski definition) is 0. The zero-order valence-electron chi connectivity index (χ0n) is 15.1. The molecule has 2 aliphatic heterocycles. The summed E-state index contributed by atoms with van der Waals surface area (Å²) >= 11 is 9.69. The number of fused-ring (bicyclic) bond motifs is 3. The fraction of sp³-hybridized carbons (Fsp3) is 0.409. The molecule has 2 aromatic rings. The van der Waals surface area contributed by atoms with Crippen LogP contribution in [0.15, 0.2) is 52.0 Å². The van der Waals surface area contributed by atoms with Gasteiger partial charge in [0.05, 0.1) is 11.8 Å². The zero-order chi connectivity index (χ0) is 18.4. The van der Waals surface area contributed by atoms with Crippen molar-refractivity contribution >= 4 is 33.2 Å². The van der Waals surface area contributed by atoms with Gasteiger partial charge in [-0.2, -0.15) is 5.10 Å². The van der Waals surface area contributed by atoms with E-state index < -0.39 is 0 Å². The lowest BCUT2D eigenvalue weighted by Crippen LogP contribution is -2.45. The average molecular weight is 446 g/mol. The monoisotopic (exact) mass is 444 g/mol. The Hall–Kier alpha value is -1.52. The molecule has 0 aromatic heterocycles. The van der Waals surface area contributed by atoms with Crippen LogP contribution in [-0.4, -0.2) is 16.9 Å². The van der Waals surface area contributed by atoms with Crippen molar-refractivity contribution < 1.29 is 4.74 Å². The number of rotatable bonds is 2. The molecule has 27 heavy (non-hydrogen) atoms. The first-order valence-electron chi connectivity index (χ1n) is 9.77. The van der Waals surface area contributed by atoms with E-state index in [0.29, 0.717) is 5.92 Å². The van der Waals surface area contributed by atoms with E-state index in [1.54, 1.807) is 0 Å². The third-order valence-electron chi connectivity index (χ3n) is 6.01. The van der Waals surface area contributed by atoms with E-state index in [9.17, 15) is 0 Å². The molecule has 0 N–H and O–H groups in total. The van der Waals surface area contributed by atoms with E-state index in [1.807, 2.05) is 12.1 Å². The minimum atomic E-state index is 0.0359. The van der Waals surface area contributed by atoms with Crippen molar-refractivity contribution in [2.24, 2.45) is 11.0 Å². The molecule has 3 nitrogen and oxygen atoms in total. The topological polar surface area (TPSA) is 24.8 Å². The van der Waals surface area contributed by atoms with Gasteiger partial charge in [-0.15, -0.1) is 0 Å². The standard InChI is InChI=1S/C22H22BrClN2O/c23-16-8-11-21-18(12-16)20-13-19(14-6-9-17(24)10-7-14)25-26(20)22(27-21)15-4-2-1-3-5-15/h6-12,15,20,22H,1-5,13H2/t20-,22-/m1/s1. The SMILES string of the molecule is Clc1ccc(C2=NN3[C@H](C2)c2cc(Br)ccc2O[C@@H]3C2CCCCC2)cc1. The van der Waals surface area contributed by atoms with E-state index in [4.69, 9.17) is 21.4 Å². The number of ether oxygens (including phenoxy) is 1. The van der Waals surface area contributed by atoms with Gasteiger partial charge in [0.2, 0.25) is 0 Å². The summed E-state index contributed by atoms with van der Waals surface area (Å²) in [6.07, 6.45) is 7.33. The number of nitrogens with zero attached hydrogens (tertiary/aromatic N) is 2. The predicted molar refractivity (Wildman–Crippen MR) is 112 cm³/mol. The summed E-state index contributed by atoms with van der Waals surface area (Å²) in [6.45, 7) is 0. The van der Waals surface area contributed by atoms with Gasteiger partial charge in [0.15, 0.2) is 6.23 Å². The summed E-state index contributed by atoms with van der Waals surface area (Å²) in [5, 5.41) is 8.06. The van der Waals surface area contributed by atoms with Crippen molar-refractivity contribution in [1.29, 1.82) is 0 Å². The molecule has 1 aliphatic carbocycles. The number of hydrazone groups is 1. The molecule has 0 spiro atoms. The van der Waals surface area contributed by atoms with Crippen LogP contribution in [0.3, 0.4) is 0 Å². The molecule has 0 amide bonds. The largest absolute Gasteiger partial charge is 0.468 e. The average Bonchev–Trinajstić information content (AvgIpc) is 3.14. The molecule has 140 valence electrons. The molecule has 2 aromatic carbocycles. The van der Waals surface area contributed by atoms with E-state index >= 15 is 0 Å². The summed E-state index contributed by atoms with van der Waals surface area (Å²) in [5.74, 6) is 1.56. The molecule has 1 saturated carbocycles. The fourth-order valence-corrected chi connectivity index (χ4v) is 5.14. The summed E-state index contributed by atoms with van der Waals surface area (Å²) in [6, 6.07) is 14.6. The molecular formula is C22H22BrClN2O. The number of halogens is 2. The lowest BCUT2D eigenvalue weighted by molar-refractivity contribution is -0.0644. The highest BCUT2D eigenvalue weighted by molar-refractivity contribution is 9.10. The maximum absolute atomic E-state index is 6.52. The van der Waals surface area contributed by atoms with Gasteiger partial charge in [-0.1, -0.05) is 58.9 Å². The minimum absolute atomic E-state index is 0.0359. The minimum Gasteiger partial charge on any atom is -0.468 e. The molecular weight excluding hydrogens is 424 g/mol. The van der Waals surface area contributed by atoms with Crippen LogP contribution >= 0.6 is 27.5 Å². The maximum atomic E-state index is 6.52. The van der Waals surface area contributed by atoms with E-state index in [2.05, 4.69) is 51.3 Å². The molecule has 3 aliphatic rings. The second kappa shape index (κ2) is 7.14. The van der Waals surface area contributed by atoms with Gasteiger partial charge in [-0.25, -0.2) is 5.01 Å². The lowest BCUT2D eigenvalue weighted by Gasteiger charge is -2.42. The molecule has 5 rings (SSSR count). The number of hydrogen-bond acceptors (Lipinski definition) is 3. The fourth-order valence-electron chi connectivity index (χ4n) is 4.63. The third kappa shape index (κ3) is 3.27. The second-order valence-electron chi connectivity index (χ2n) is 7.74. The molecule has 1 fully saturated rings. The van der Waals surface area contributed by atoms with Crippen LogP contribution in [0.25, 0.3) is 0 Å². The molecule has 2 atom stereocenters. The van der Waals surface area contributed by atoms with Crippen molar-refractivity contribution in [2.45, 2.75) is 50.8 Å². The summed E-state index contributed by atoms with van der Waals surface area (Å²) in [7, 11) is 0. The van der Waals surface area contributed by atoms with Crippen LogP contribution in [0.2, 0.25) is 5.02 Å². The van der Waals surface area contributed by atoms with Crippen LogP contribution in [0.5, 0.6) is 5.75 Å². The summed E-state index contributed by atoms with van der Waals surface area (Å²) in [5.41, 5.74) is 3.49. The predicted octanol–water partition coefficient (Wildman–Crippen LogP) is 6.55. The van der Waals surface area contributed by atoms with E-state index in [1.165, 1.54) is 37.7 Å². The van der Waals surface area contributed by atoms with Crippen molar-refractivity contribution in [3.05, 3.63) is 63.1 Å². The van der Waals surface area contributed by atoms with Crippen LogP contribution in [-0.2, 0) is 0 Å². The highest BCUT2D eigenvalue weighted by atomic mass is 79.9. The highest BCUT2D eigenvalue weighted by Crippen LogP contribution is 2.47. The Morgan fingerprint density at radius 1 is 1.04 bits per heavy atom. The Kier molecular flexibility index (Phi) is 4.65. The smallest absolute Gasteiger partial charge is 0.190 e. The first kappa shape index (κ1) is 17.6. The van der Waals surface area contributed by atoms with Gasteiger partial charge >= 0.3 is 0 Å². The zero-order valence-corrected chi connectivity index (χ0v) is 17.4. The Morgan fingerprint density at radius 2 is 1.81 bits per heavy atom. The quantitative estimate of drug-likeness (QED) is 0.523. The molecule has 0 radical (unpaired) electrons. The van der Waals surface area contributed by atoms with Crippen molar-refractivity contribution in [3.8, 4) is 5.75 Å². The van der Waals surface area contributed by atoms with Crippen LogP contribution in [0, 0.1) is 5.92 Å². The lowest BCUT2D eigenvalue weighted by atomic mass is 9.86. The second-order valence-corrected chi connectivity index (χ2v) is 9.09. The first-order valence-corrected chi connectivity index (χ1v) is 10.9. The van der Waals surface area contributed by atoms with Crippen LogP contribution in [0.1, 0.15) is 55.7 Å². The van der Waals surface area contributed by atoms with E-state index in [0.717, 1.165) is 32.9 Å². The van der Waals surface area contributed by atoms with Crippen molar-refractivity contribution in [2.75, 3.05) is 0 Å². The van der Waals surface area contributed by atoms with E-state index in [-0.39, 0.29) is 12.3 Å². The van der Waals surface area contributed by atoms with Gasteiger partial charge in [0, 0.05) is 27.4 Å².